The molecule has 1 amide bonds. The summed E-state index contributed by atoms with van der Waals surface area (Å²) in [5.41, 5.74) is 5.61. The lowest BCUT2D eigenvalue weighted by molar-refractivity contribution is -0.116. The highest BCUT2D eigenvalue weighted by Crippen LogP contribution is 2.19. The van der Waals surface area contributed by atoms with Crippen molar-refractivity contribution in [1.82, 2.24) is 0 Å². The summed E-state index contributed by atoms with van der Waals surface area (Å²) in [4.78, 5) is 11.6. The normalized spacial score (nSPS) is 13.1. The first-order valence-corrected chi connectivity index (χ1v) is 7.01. The van der Waals surface area contributed by atoms with Crippen LogP contribution in [0.5, 0.6) is 0 Å². The van der Waals surface area contributed by atoms with Crippen molar-refractivity contribution in [1.29, 1.82) is 0 Å². The molecule has 100 valence electrons. The van der Waals surface area contributed by atoms with Crippen molar-refractivity contribution in [2.24, 2.45) is 16.8 Å². The molecular weight excluding hydrogens is 254 g/mol. The third kappa shape index (κ3) is 4.10. The Balaban J connectivity index is 2.89. The number of rotatable bonds is 5. The number of anilines is 1. The quantitative estimate of drug-likeness (QED) is 0.712. The lowest BCUT2D eigenvalue weighted by Gasteiger charge is -2.11. The molecule has 1 atom stereocenters. The van der Waals surface area contributed by atoms with E-state index < -0.39 is 10.0 Å². The average molecular weight is 271 g/mol. The van der Waals surface area contributed by atoms with Crippen LogP contribution in [0.3, 0.4) is 0 Å². The van der Waals surface area contributed by atoms with E-state index in [0.717, 1.165) is 0 Å². The number of hydrogen-bond acceptors (Lipinski definition) is 4. The number of amides is 1. The van der Waals surface area contributed by atoms with Crippen LogP contribution in [0.2, 0.25) is 0 Å². The van der Waals surface area contributed by atoms with Crippen LogP contribution < -0.4 is 16.2 Å². The third-order valence-electron chi connectivity index (χ3n) is 2.40. The summed E-state index contributed by atoms with van der Waals surface area (Å²) < 4.78 is 22.6. The van der Waals surface area contributed by atoms with Gasteiger partial charge in [0.2, 0.25) is 15.9 Å². The minimum Gasteiger partial charge on any atom is -0.330 e. The Labute approximate surface area is 106 Å². The molecule has 1 aromatic rings. The number of hydrogen-bond donors (Lipinski definition) is 3. The topological polar surface area (TPSA) is 115 Å². The second-order valence-corrected chi connectivity index (χ2v) is 5.66. The van der Waals surface area contributed by atoms with Crippen LogP contribution in [0.1, 0.15) is 13.3 Å². The Kier molecular flexibility index (Phi) is 4.83. The highest BCUT2D eigenvalue weighted by molar-refractivity contribution is 7.89. The van der Waals surface area contributed by atoms with Gasteiger partial charge >= 0.3 is 0 Å². The molecule has 0 fully saturated rings. The maximum atomic E-state index is 11.7. The lowest BCUT2D eigenvalue weighted by Crippen LogP contribution is -2.22. The summed E-state index contributed by atoms with van der Waals surface area (Å²) in [6.07, 6.45) is 0.232. The Bertz CT molecular complexity index is 528. The summed E-state index contributed by atoms with van der Waals surface area (Å²) >= 11 is 0. The van der Waals surface area contributed by atoms with E-state index in [1.54, 1.807) is 6.07 Å². The predicted molar refractivity (Wildman–Crippen MR) is 69.3 cm³/mol. The molecule has 7 heteroatoms. The molecule has 18 heavy (non-hydrogen) atoms. The van der Waals surface area contributed by atoms with Crippen LogP contribution in [-0.2, 0) is 14.8 Å². The number of carbonyl (C=O) groups excluding carboxylic acids is 1. The minimum atomic E-state index is -3.85. The molecule has 0 saturated heterocycles. The third-order valence-corrected chi connectivity index (χ3v) is 3.37. The molecule has 1 aromatic carbocycles. The van der Waals surface area contributed by atoms with Gasteiger partial charge in [0.1, 0.15) is 4.90 Å². The van der Waals surface area contributed by atoms with Crippen LogP contribution >= 0.6 is 0 Å². The molecule has 0 aliphatic carbocycles. The molecular formula is C11H17N3O3S. The van der Waals surface area contributed by atoms with Crippen molar-refractivity contribution < 1.29 is 13.2 Å². The highest BCUT2D eigenvalue weighted by Gasteiger charge is 2.15. The van der Waals surface area contributed by atoms with Crippen molar-refractivity contribution >= 4 is 21.6 Å². The van der Waals surface area contributed by atoms with Gasteiger partial charge in [-0.15, -0.1) is 0 Å². The molecule has 1 unspecified atom stereocenters. The first-order valence-electron chi connectivity index (χ1n) is 5.46. The first kappa shape index (κ1) is 14.6. The van der Waals surface area contributed by atoms with Gasteiger partial charge < -0.3 is 11.1 Å². The van der Waals surface area contributed by atoms with Gasteiger partial charge in [-0.2, -0.15) is 0 Å². The molecule has 0 bridgehead atoms. The summed E-state index contributed by atoms with van der Waals surface area (Å²) in [5.74, 6) is -0.254. The molecule has 0 aliphatic rings. The lowest BCUT2D eigenvalue weighted by atomic mass is 10.1. The van der Waals surface area contributed by atoms with E-state index in [1.807, 2.05) is 6.92 Å². The number of nitrogens with two attached hydrogens (primary N) is 2. The summed E-state index contributed by atoms with van der Waals surface area (Å²) in [6, 6.07) is 6.00. The minimum absolute atomic E-state index is 0.0339. The van der Waals surface area contributed by atoms with Gasteiger partial charge in [-0.3, -0.25) is 4.79 Å². The van der Waals surface area contributed by atoms with Crippen LogP contribution in [0, 0.1) is 5.92 Å². The Hall–Kier alpha value is -1.44. The van der Waals surface area contributed by atoms with E-state index in [4.69, 9.17) is 10.9 Å². The van der Waals surface area contributed by atoms with E-state index in [9.17, 15) is 13.2 Å². The SMILES string of the molecule is CC(CN)CC(=O)Nc1ccccc1S(N)(=O)=O. The number of nitrogens with one attached hydrogen (secondary N) is 1. The molecule has 0 radical (unpaired) electrons. The van der Waals surface area contributed by atoms with E-state index in [-0.39, 0.29) is 28.8 Å². The Morgan fingerprint density at radius 2 is 2.00 bits per heavy atom. The maximum absolute atomic E-state index is 11.7. The van der Waals surface area contributed by atoms with Gasteiger partial charge in [0.25, 0.3) is 0 Å². The zero-order chi connectivity index (χ0) is 13.8. The van der Waals surface area contributed by atoms with Gasteiger partial charge in [-0.25, -0.2) is 13.6 Å². The van der Waals surface area contributed by atoms with Crippen LogP contribution in [-0.4, -0.2) is 20.9 Å². The molecule has 0 saturated carbocycles. The van der Waals surface area contributed by atoms with Crippen molar-refractivity contribution in [2.45, 2.75) is 18.2 Å². The van der Waals surface area contributed by atoms with Gasteiger partial charge in [-0.1, -0.05) is 19.1 Å². The molecule has 5 N–H and O–H groups in total. The predicted octanol–water partition coefficient (Wildman–Crippen LogP) is 0.257. The van der Waals surface area contributed by atoms with E-state index in [2.05, 4.69) is 5.32 Å². The smallest absolute Gasteiger partial charge is 0.240 e. The van der Waals surface area contributed by atoms with Crippen molar-refractivity contribution in [2.75, 3.05) is 11.9 Å². The van der Waals surface area contributed by atoms with Crippen molar-refractivity contribution in [3.05, 3.63) is 24.3 Å². The number of carbonyl (C=O) groups is 1. The van der Waals surface area contributed by atoms with Gasteiger partial charge in [0.15, 0.2) is 0 Å². The van der Waals surface area contributed by atoms with Gasteiger partial charge in [0.05, 0.1) is 5.69 Å². The molecule has 0 aromatic heterocycles. The Morgan fingerprint density at radius 1 is 1.39 bits per heavy atom. The van der Waals surface area contributed by atoms with E-state index in [0.29, 0.717) is 6.54 Å². The standard InChI is InChI=1S/C11H17N3O3S/c1-8(7-12)6-11(15)14-9-4-2-3-5-10(9)18(13,16)17/h2-5,8H,6-7,12H2,1H3,(H,14,15)(H2,13,16,17). The largest absolute Gasteiger partial charge is 0.330 e. The van der Waals surface area contributed by atoms with Crippen LogP contribution in [0.15, 0.2) is 29.2 Å². The van der Waals surface area contributed by atoms with Gasteiger partial charge in [0, 0.05) is 6.42 Å². The fourth-order valence-electron chi connectivity index (χ4n) is 1.42. The second-order valence-electron chi connectivity index (χ2n) is 4.13. The number of sulfonamides is 1. The number of primary sulfonamides is 1. The molecule has 0 spiro atoms. The Morgan fingerprint density at radius 3 is 2.56 bits per heavy atom. The number of para-hydroxylation sites is 1. The average Bonchev–Trinajstić information content (AvgIpc) is 2.27. The van der Waals surface area contributed by atoms with Crippen molar-refractivity contribution in [3.63, 3.8) is 0 Å². The zero-order valence-corrected chi connectivity index (χ0v) is 10.9. The maximum Gasteiger partial charge on any atom is 0.240 e. The van der Waals surface area contributed by atoms with Crippen LogP contribution in [0.4, 0.5) is 5.69 Å². The second kappa shape index (κ2) is 5.94. The monoisotopic (exact) mass is 271 g/mol. The molecule has 6 nitrogen and oxygen atoms in total. The van der Waals surface area contributed by atoms with E-state index >= 15 is 0 Å². The molecule has 0 heterocycles. The van der Waals surface area contributed by atoms with Crippen LogP contribution in [0.25, 0.3) is 0 Å². The number of benzene rings is 1. The molecule has 0 aliphatic heterocycles. The fourth-order valence-corrected chi connectivity index (χ4v) is 2.11. The zero-order valence-electron chi connectivity index (χ0n) is 10.1. The summed E-state index contributed by atoms with van der Waals surface area (Å²) in [7, 11) is -3.85. The fraction of sp³-hybridized carbons (Fsp3) is 0.364. The highest BCUT2D eigenvalue weighted by atomic mass is 32.2. The van der Waals surface area contributed by atoms with Gasteiger partial charge in [-0.05, 0) is 24.6 Å². The van der Waals surface area contributed by atoms with Crippen molar-refractivity contribution in [3.8, 4) is 0 Å². The molecule has 1 rings (SSSR count). The summed E-state index contributed by atoms with van der Waals surface area (Å²) in [5, 5.41) is 7.59. The summed E-state index contributed by atoms with van der Waals surface area (Å²) in [6.45, 7) is 2.23. The first-order chi connectivity index (χ1) is 8.34. The van der Waals surface area contributed by atoms with E-state index in [1.165, 1.54) is 18.2 Å².